The fourth-order valence-corrected chi connectivity index (χ4v) is 3.07. The summed E-state index contributed by atoms with van der Waals surface area (Å²) >= 11 is 0. The molecule has 0 spiro atoms. The van der Waals surface area contributed by atoms with Crippen LogP contribution < -0.4 is 5.32 Å². The molecule has 3 heteroatoms. The van der Waals surface area contributed by atoms with Crippen LogP contribution in [0.15, 0.2) is 30.5 Å². The van der Waals surface area contributed by atoms with Gasteiger partial charge in [-0.05, 0) is 62.0 Å². The Bertz CT molecular complexity index is 532. The molecule has 1 fully saturated rings. The lowest BCUT2D eigenvalue weighted by molar-refractivity contribution is 0.206. The largest absolute Gasteiger partial charge is 0.361 e. The van der Waals surface area contributed by atoms with Gasteiger partial charge in [0.25, 0.3) is 0 Å². The van der Waals surface area contributed by atoms with Crippen molar-refractivity contribution in [3.05, 3.63) is 36.0 Å². The van der Waals surface area contributed by atoms with Crippen molar-refractivity contribution in [3.63, 3.8) is 0 Å². The van der Waals surface area contributed by atoms with Gasteiger partial charge in [-0.2, -0.15) is 0 Å². The van der Waals surface area contributed by atoms with Gasteiger partial charge >= 0.3 is 0 Å². The van der Waals surface area contributed by atoms with Crippen molar-refractivity contribution in [2.24, 2.45) is 5.92 Å². The maximum atomic E-state index is 3.61. The normalized spacial score (nSPS) is 21.0. The van der Waals surface area contributed by atoms with Crippen molar-refractivity contribution >= 4 is 10.9 Å². The Kier molecular flexibility index (Phi) is 3.85. The molecule has 0 radical (unpaired) electrons. The number of rotatable bonds is 4. The van der Waals surface area contributed by atoms with Crippen LogP contribution in [0.5, 0.6) is 0 Å². The number of fused-ring (bicyclic) bond motifs is 1. The van der Waals surface area contributed by atoms with Crippen LogP contribution in [0.1, 0.15) is 18.4 Å². The highest BCUT2D eigenvalue weighted by atomic mass is 15.1. The average Bonchev–Trinajstić information content (AvgIpc) is 2.86. The van der Waals surface area contributed by atoms with E-state index in [4.69, 9.17) is 0 Å². The number of hydrogen-bond donors (Lipinski definition) is 2. The number of aromatic nitrogens is 1. The van der Waals surface area contributed by atoms with Gasteiger partial charge in [-0.15, -0.1) is 0 Å². The first-order valence-corrected chi connectivity index (χ1v) is 7.26. The third kappa shape index (κ3) is 3.17. The van der Waals surface area contributed by atoms with Crippen LogP contribution in [-0.2, 0) is 6.54 Å². The molecule has 0 bridgehead atoms. The van der Waals surface area contributed by atoms with Gasteiger partial charge in [0.1, 0.15) is 0 Å². The molecule has 0 aliphatic carbocycles. The minimum absolute atomic E-state index is 0.813. The van der Waals surface area contributed by atoms with E-state index in [0.29, 0.717) is 0 Å². The molecule has 1 unspecified atom stereocenters. The fourth-order valence-electron chi connectivity index (χ4n) is 3.07. The second kappa shape index (κ2) is 5.76. The molecular formula is C16H23N3. The van der Waals surface area contributed by atoms with E-state index >= 15 is 0 Å². The summed E-state index contributed by atoms with van der Waals surface area (Å²) in [5.41, 5.74) is 2.59. The number of benzene rings is 1. The first kappa shape index (κ1) is 12.7. The Morgan fingerprint density at radius 2 is 2.32 bits per heavy atom. The summed E-state index contributed by atoms with van der Waals surface area (Å²) < 4.78 is 0. The van der Waals surface area contributed by atoms with E-state index in [1.165, 1.54) is 42.4 Å². The van der Waals surface area contributed by atoms with Crippen LogP contribution in [-0.4, -0.2) is 36.6 Å². The molecule has 1 aromatic heterocycles. The lowest BCUT2D eigenvalue weighted by atomic mass is 9.98. The Balaban J connectivity index is 1.51. The average molecular weight is 257 g/mol. The predicted octanol–water partition coefficient (Wildman–Crippen LogP) is 2.60. The lowest BCUT2D eigenvalue weighted by Crippen LogP contribution is -2.37. The smallest absolute Gasteiger partial charge is 0.0457 e. The Hall–Kier alpha value is -1.32. The summed E-state index contributed by atoms with van der Waals surface area (Å²) in [6.07, 6.45) is 4.71. The van der Waals surface area contributed by atoms with Crippen LogP contribution in [0.4, 0.5) is 0 Å². The predicted molar refractivity (Wildman–Crippen MR) is 80.2 cm³/mol. The second-order valence-electron chi connectivity index (χ2n) is 5.80. The van der Waals surface area contributed by atoms with Gasteiger partial charge in [0, 0.05) is 24.8 Å². The zero-order chi connectivity index (χ0) is 13.1. The number of aromatic amines is 1. The number of H-pyrrole nitrogens is 1. The van der Waals surface area contributed by atoms with Gasteiger partial charge in [0.05, 0.1) is 0 Å². The first-order valence-electron chi connectivity index (χ1n) is 7.26. The molecule has 19 heavy (non-hydrogen) atoms. The number of likely N-dealkylation sites (tertiary alicyclic amines) is 1. The minimum Gasteiger partial charge on any atom is -0.361 e. The van der Waals surface area contributed by atoms with Crippen LogP contribution in [0.2, 0.25) is 0 Å². The molecule has 0 amide bonds. The van der Waals surface area contributed by atoms with Crippen molar-refractivity contribution in [2.45, 2.75) is 19.4 Å². The van der Waals surface area contributed by atoms with Gasteiger partial charge in [0.2, 0.25) is 0 Å². The summed E-state index contributed by atoms with van der Waals surface area (Å²) in [5.74, 6) is 0.813. The highest BCUT2D eigenvalue weighted by Crippen LogP contribution is 2.16. The standard InChI is InChI=1S/C16H23N3/c1-19-8-2-3-14(12-19)11-17-10-13-4-5-15-6-7-18-16(15)9-13/h4-7,9,14,17-18H,2-3,8,10-12H2,1H3. The Morgan fingerprint density at radius 3 is 3.21 bits per heavy atom. The molecule has 1 aromatic carbocycles. The molecule has 3 rings (SSSR count). The first-order chi connectivity index (χ1) is 9.31. The zero-order valence-electron chi connectivity index (χ0n) is 11.7. The monoisotopic (exact) mass is 257 g/mol. The van der Waals surface area contributed by atoms with E-state index in [-0.39, 0.29) is 0 Å². The molecule has 102 valence electrons. The Labute approximate surface area is 115 Å². The van der Waals surface area contributed by atoms with E-state index in [1.807, 2.05) is 6.20 Å². The van der Waals surface area contributed by atoms with Crippen LogP contribution in [0.25, 0.3) is 10.9 Å². The third-order valence-corrected chi connectivity index (χ3v) is 4.10. The summed E-state index contributed by atoms with van der Waals surface area (Å²) in [7, 11) is 2.23. The van der Waals surface area contributed by atoms with Crippen LogP contribution in [0, 0.1) is 5.92 Å². The van der Waals surface area contributed by atoms with Crippen molar-refractivity contribution in [1.29, 1.82) is 0 Å². The molecular weight excluding hydrogens is 234 g/mol. The topological polar surface area (TPSA) is 31.1 Å². The number of piperidine rings is 1. The zero-order valence-corrected chi connectivity index (χ0v) is 11.7. The van der Waals surface area contributed by atoms with Crippen molar-refractivity contribution in [3.8, 4) is 0 Å². The summed E-state index contributed by atoms with van der Waals surface area (Å²) in [6, 6.07) is 8.77. The highest BCUT2D eigenvalue weighted by molar-refractivity contribution is 5.79. The van der Waals surface area contributed by atoms with E-state index in [0.717, 1.165) is 19.0 Å². The molecule has 1 atom stereocenters. The SMILES string of the molecule is CN1CCCC(CNCc2ccc3cc[nH]c3c2)C1. The van der Waals surface area contributed by atoms with Gasteiger partial charge in [-0.1, -0.05) is 12.1 Å². The minimum atomic E-state index is 0.813. The number of hydrogen-bond acceptors (Lipinski definition) is 2. The molecule has 2 heterocycles. The Morgan fingerprint density at radius 1 is 1.37 bits per heavy atom. The van der Waals surface area contributed by atoms with E-state index in [2.05, 4.69) is 46.5 Å². The van der Waals surface area contributed by atoms with Gasteiger partial charge in [-0.3, -0.25) is 0 Å². The number of nitrogens with one attached hydrogen (secondary N) is 2. The van der Waals surface area contributed by atoms with Crippen LogP contribution >= 0.6 is 0 Å². The van der Waals surface area contributed by atoms with E-state index in [9.17, 15) is 0 Å². The van der Waals surface area contributed by atoms with Gasteiger partial charge in [-0.25, -0.2) is 0 Å². The molecule has 1 aliphatic heterocycles. The van der Waals surface area contributed by atoms with Gasteiger partial charge in [0.15, 0.2) is 0 Å². The molecule has 2 aromatic rings. The lowest BCUT2D eigenvalue weighted by Gasteiger charge is -2.29. The van der Waals surface area contributed by atoms with Crippen molar-refractivity contribution in [2.75, 3.05) is 26.7 Å². The summed E-state index contributed by atoms with van der Waals surface area (Å²) in [4.78, 5) is 5.72. The third-order valence-electron chi connectivity index (χ3n) is 4.10. The fraction of sp³-hybridized carbons (Fsp3) is 0.500. The molecule has 1 saturated heterocycles. The van der Waals surface area contributed by atoms with Gasteiger partial charge < -0.3 is 15.2 Å². The quantitative estimate of drug-likeness (QED) is 0.882. The molecule has 1 aliphatic rings. The molecule has 2 N–H and O–H groups in total. The highest BCUT2D eigenvalue weighted by Gasteiger charge is 2.16. The van der Waals surface area contributed by atoms with Crippen molar-refractivity contribution < 1.29 is 0 Å². The van der Waals surface area contributed by atoms with Crippen LogP contribution in [0.3, 0.4) is 0 Å². The van der Waals surface area contributed by atoms with E-state index < -0.39 is 0 Å². The molecule has 0 saturated carbocycles. The second-order valence-corrected chi connectivity index (χ2v) is 5.80. The van der Waals surface area contributed by atoms with E-state index in [1.54, 1.807) is 0 Å². The maximum Gasteiger partial charge on any atom is 0.0457 e. The molecule has 3 nitrogen and oxygen atoms in total. The maximum absolute atomic E-state index is 3.61. The summed E-state index contributed by atoms with van der Waals surface area (Å²) in [5, 5.41) is 4.90. The van der Waals surface area contributed by atoms with Crippen molar-refractivity contribution in [1.82, 2.24) is 15.2 Å². The number of nitrogens with zero attached hydrogens (tertiary/aromatic N) is 1. The summed E-state index contributed by atoms with van der Waals surface area (Å²) in [6.45, 7) is 4.60.